The molecule has 0 rings (SSSR count). The lowest BCUT2D eigenvalue weighted by molar-refractivity contribution is -0.139. The lowest BCUT2D eigenvalue weighted by Gasteiger charge is -2.04. The standard InChI is InChI=1S/C11H20O2.C9H10O4.C7H12O2/c1-4-6-7-8-9-13-11(12)10(3)5-2;1-3-6-13-9(12)7(2)4-5-8(10)11;1-3-5-6-9-7(8)4-2/h3-9H2,1-2H3;3-5H,1-2,6H2,(H,10,11);4H,2-3,5-6H2,1H3. The molecule has 0 aliphatic rings. The molecule has 0 spiro atoms. The van der Waals surface area contributed by atoms with Crippen molar-refractivity contribution in [1.29, 1.82) is 0 Å². The first-order valence-electron chi connectivity index (χ1n) is 11.6. The van der Waals surface area contributed by atoms with Gasteiger partial charge in [0.2, 0.25) is 0 Å². The molecule has 0 aliphatic carbocycles. The lowest BCUT2D eigenvalue weighted by Crippen LogP contribution is -2.07. The van der Waals surface area contributed by atoms with Crippen LogP contribution in [0.25, 0.3) is 0 Å². The minimum Gasteiger partial charge on any atom is -0.478 e. The average Bonchev–Trinajstić information content (AvgIpc) is 2.85. The summed E-state index contributed by atoms with van der Waals surface area (Å²) in [6.07, 6.45) is 11.7. The third-order valence-corrected chi connectivity index (χ3v) is 3.88. The van der Waals surface area contributed by atoms with Crippen molar-refractivity contribution in [2.45, 2.75) is 65.7 Å². The van der Waals surface area contributed by atoms with Gasteiger partial charge in [-0.3, -0.25) is 0 Å². The minimum absolute atomic E-state index is 0.00995. The molecule has 8 heteroatoms. The second-order valence-electron chi connectivity index (χ2n) is 6.96. The number of hydrogen-bond acceptors (Lipinski definition) is 7. The van der Waals surface area contributed by atoms with Gasteiger partial charge in [-0.1, -0.05) is 78.8 Å². The molecule has 0 aromatic carbocycles. The fraction of sp³-hybridized carbons (Fsp3) is 0.481. The van der Waals surface area contributed by atoms with Crippen LogP contribution in [0.15, 0.2) is 61.8 Å². The Morgan fingerprint density at radius 3 is 1.86 bits per heavy atom. The summed E-state index contributed by atoms with van der Waals surface area (Å²) in [6, 6.07) is 0. The van der Waals surface area contributed by atoms with Crippen LogP contribution in [0.1, 0.15) is 65.7 Å². The highest BCUT2D eigenvalue weighted by molar-refractivity contribution is 5.93. The van der Waals surface area contributed by atoms with Gasteiger partial charge < -0.3 is 19.3 Å². The van der Waals surface area contributed by atoms with Gasteiger partial charge >= 0.3 is 23.9 Å². The summed E-state index contributed by atoms with van der Waals surface area (Å²) >= 11 is 0. The highest BCUT2D eigenvalue weighted by Gasteiger charge is 2.05. The molecule has 0 bridgehead atoms. The maximum atomic E-state index is 11.1. The molecule has 0 saturated carbocycles. The molecule has 0 aliphatic heterocycles. The number of aliphatic carboxylic acids is 1. The summed E-state index contributed by atoms with van der Waals surface area (Å²) in [7, 11) is 0. The number of rotatable bonds is 16. The van der Waals surface area contributed by atoms with E-state index >= 15 is 0 Å². The number of unbranched alkanes of at least 4 members (excludes halogenated alkanes) is 4. The molecule has 0 unspecified atom stereocenters. The second kappa shape index (κ2) is 26.8. The molecule has 198 valence electrons. The molecule has 0 radical (unpaired) electrons. The van der Waals surface area contributed by atoms with Crippen molar-refractivity contribution in [3.8, 4) is 0 Å². The van der Waals surface area contributed by atoms with Crippen LogP contribution >= 0.6 is 0 Å². The Hall–Kier alpha value is -3.42. The fourth-order valence-corrected chi connectivity index (χ4v) is 1.78. The summed E-state index contributed by atoms with van der Waals surface area (Å²) in [5, 5.41) is 8.22. The van der Waals surface area contributed by atoms with Gasteiger partial charge in [-0.25, -0.2) is 19.2 Å². The van der Waals surface area contributed by atoms with E-state index in [1.807, 2.05) is 13.8 Å². The Morgan fingerprint density at radius 1 is 0.771 bits per heavy atom. The normalized spacial score (nSPS) is 9.34. The van der Waals surface area contributed by atoms with Gasteiger partial charge in [-0.05, 0) is 25.3 Å². The molecule has 35 heavy (non-hydrogen) atoms. The molecule has 0 heterocycles. The van der Waals surface area contributed by atoms with Crippen molar-refractivity contribution >= 4 is 23.9 Å². The van der Waals surface area contributed by atoms with Crippen molar-refractivity contribution in [3.63, 3.8) is 0 Å². The number of esters is 3. The van der Waals surface area contributed by atoms with Gasteiger partial charge in [0.15, 0.2) is 0 Å². The van der Waals surface area contributed by atoms with Crippen LogP contribution in [0.3, 0.4) is 0 Å². The van der Waals surface area contributed by atoms with E-state index in [2.05, 4.69) is 42.7 Å². The van der Waals surface area contributed by atoms with Gasteiger partial charge in [0.25, 0.3) is 0 Å². The number of carbonyl (C=O) groups excluding carboxylic acids is 3. The Labute approximate surface area is 210 Å². The van der Waals surface area contributed by atoms with E-state index < -0.39 is 11.9 Å². The Bertz CT molecular complexity index is 704. The number of hydrogen-bond donors (Lipinski definition) is 1. The Balaban J connectivity index is -0.000000448. The van der Waals surface area contributed by atoms with Crippen LogP contribution in [0.4, 0.5) is 0 Å². The van der Waals surface area contributed by atoms with E-state index in [9.17, 15) is 19.2 Å². The predicted molar refractivity (Wildman–Crippen MR) is 138 cm³/mol. The zero-order chi connectivity index (χ0) is 27.5. The van der Waals surface area contributed by atoms with Crippen LogP contribution in [-0.4, -0.2) is 48.8 Å². The lowest BCUT2D eigenvalue weighted by atomic mass is 10.2. The molecule has 0 fully saturated rings. The summed E-state index contributed by atoms with van der Waals surface area (Å²) in [5.74, 6) is -2.36. The third-order valence-electron chi connectivity index (χ3n) is 3.88. The summed E-state index contributed by atoms with van der Waals surface area (Å²) in [5.41, 5.74) is 0.555. The fourth-order valence-electron chi connectivity index (χ4n) is 1.78. The molecule has 8 nitrogen and oxygen atoms in total. The molecule has 0 atom stereocenters. The van der Waals surface area contributed by atoms with E-state index in [1.165, 1.54) is 25.0 Å². The monoisotopic (exact) mass is 494 g/mol. The van der Waals surface area contributed by atoms with Gasteiger partial charge in [-0.15, -0.1) is 0 Å². The maximum Gasteiger partial charge on any atom is 0.337 e. The number of carbonyl (C=O) groups is 4. The number of carboxylic acid groups (broad SMARTS) is 1. The molecule has 1 N–H and O–H groups in total. The summed E-state index contributed by atoms with van der Waals surface area (Å²) < 4.78 is 14.3. The van der Waals surface area contributed by atoms with Crippen LogP contribution in [0.5, 0.6) is 0 Å². The molecular formula is C27H42O8. The molecule has 0 aromatic heterocycles. The quantitative estimate of drug-likeness (QED) is 0.0746. The van der Waals surface area contributed by atoms with Crippen LogP contribution in [0, 0.1) is 0 Å². The molecule has 0 amide bonds. The van der Waals surface area contributed by atoms with Crippen LogP contribution in [-0.2, 0) is 33.4 Å². The first-order chi connectivity index (χ1) is 16.6. The Kier molecular flexibility index (Phi) is 27.7. The second-order valence-corrected chi connectivity index (χ2v) is 6.96. The number of carboxylic acids is 1. The van der Waals surface area contributed by atoms with Crippen molar-refractivity contribution in [2.75, 3.05) is 19.8 Å². The predicted octanol–water partition coefficient (Wildman–Crippen LogP) is 5.50. The third kappa shape index (κ3) is 28.5. The highest BCUT2D eigenvalue weighted by Crippen LogP contribution is 2.03. The maximum absolute atomic E-state index is 11.1. The molecular weight excluding hydrogens is 452 g/mol. The number of ether oxygens (including phenoxy) is 3. The SMILES string of the molecule is C=C(CC)C(=O)OCCCCCC.C=CC(=O)OCCCC.C=CCOC(=O)C(=C)C=CC(=O)O. The van der Waals surface area contributed by atoms with E-state index in [4.69, 9.17) is 9.84 Å². The van der Waals surface area contributed by atoms with E-state index in [0.29, 0.717) is 25.2 Å². The van der Waals surface area contributed by atoms with E-state index in [1.54, 1.807) is 0 Å². The molecule has 0 aromatic rings. The van der Waals surface area contributed by atoms with Gasteiger partial charge in [0.1, 0.15) is 6.61 Å². The smallest absolute Gasteiger partial charge is 0.337 e. The van der Waals surface area contributed by atoms with Gasteiger partial charge in [0, 0.05) is 17.7 Å². The average molecular weight is 495 g/mol. The minimum atomic E-state index is -1.14. The van der Waals surface area contributed by atoms with Crippen molar-refractivity contribution in [1.82, 2.24) is 0 Å². The largest absolute Gasteiger partial charge is 0.478 e. The first kappa shape index (κ1) is 36.2. The first-order valence-corrected chi connectivity index (χ1v) is 11.6. The van der Waals surface area contributed by atoms with E-state index in [0.717, 1.165) is 37.8 Å². The zero-order valence-electron chi connectivity index (χ0n) is 21.5. The summed E-state index contributed by atoms with van der Waals surface area (Å²) in [6.45, 7) is 20.8. The van der Waals surface area contributed by atoms with Crippen LogP contribution < -0.4 is 0 Å². The van der Waals surface area contributed by atoms with Crippen molar-refractivity contribution < 1.29 is 38.5 Å². The van der Waals surface area contributed by atoms with Gasteiger partial charge in [0.05, 0.1) is 18.8 Å². The van der Waals surface area contributed by atoms with Crippen molar-refractivity contribution in [3.05, 3.63) is 61.8 Å². The zero-order valence-corrected chi connectivity index (χ0v) is 21.5. The summed E-state index contributed by atoms with van der Waals surface area (Å²) in [4.78, 5) is 42.4. The van der Waals surface area contributed by atoms with E-state index in [-0.39, 0.29) is 24.1 Å². The van der Waals surface area contributed by atoms with Crippen molar-refractivity contribution in [2.24, 2.45) is 0 Å². The Morgan fingerprint density at radius 2 is 1.37 bits per heavy atom. The van der Waals surface area contributed by atoms with Gasteiger partial charge in [-0.2, -0.15) is 0 Å². The van der Waals surface area contributed by atoms with Crippen LogP contribution in [0.2, 0.25) is 0 Å². The topological polar surface area (TPSA) is 116 Å². The highest BCUT2D eigenvalue weighted by atomic mass is 16.5. The molecule has 0 saturated heterocycles.